The van der Waals surface area contributed by atoms with Crippen molar-refractivity contribution in [3.8, 4) is 0 Å². The summed E-state index contributed by atoms with van der Waals surface area (Å²) in [7, 11) is 1.78. The molecule has 5 heteroatoms. The van der Waals surface area contributed by atoms with Crippen molar-refractivity contribution >= 4 is 29.5 Å². The van der Waals surface area contributed by atoms with Crippen LogP contribution < -0.4 is 4.90 Å². The molecule has 4 nitrogen and oxygen atoms in total. The predicted molar refractivity (Wildman–Crippen MR) is 66.7 cm³/mol. The van der Waals surface area contributed by atoms with Crippen molar-refractivity contribution in [1.82, 2.24) is 4.90 Å². The van der Waals surface area contributed by atoms with Gasteiger partial charge in [0, 0.05) is 36.4 Å². The molecule has 0 atom stereocenters. The van der Waals surface area contributed by atoms with E-state index >= 15 is 0 Å². The molecular formula is C12H13ClN2O2. The Morgan fingerprint density at radius 2 is 2.12 bits per heavy atom. The zero-order valence-electron chi connectivity index (χ0n) is 9.52. The number of piperazine rings is 1. The van der Waals surface area contributed by atoms with E-state index in [1.165, 1.54) is 0 Å². The van der Waals surface area contributed by atoms with Crippen LogP contribution in [0.2, 0.25) is 5.02 Å². The summed E-state index contributed by atoms with van der Waals surface area (Å²) >= 11 is 5.83. The number of aldehydes is 1. The van der Waals surface area contributed by atoms with E-state index in [4.69, 9.17) is 11.6 Å². The topological polar surface area (TPSA) is 40.6 Å². The van der Waals surface area contributed by atoms with Gasteiger partial charge in [-0.1, -0.05) is 11.6 Å². The summed E-state index contributed by atoms with van der Waals surface area (Å²) < 4.78 is 0. The van der Waals surface area contributed by atoms with Crippen molar-refractivity contribution in [2.45, 2.75) is 0 Å². The van der Waals surface area contributed by atoms with Gasteiger partial charge in [0.25, 0.3) is 0 Å². The molecule has 1 aromatic carbocycles. The van der Waals surface area contributed by atoms with Crippen LogP contribution in [0.5, 0.6) is 0 Å². The molecule has 0 spiro atoms. The zero-order chi connectivity index (χ0) is 12.4. The minimum absolute atomic E-state index is 0.0584. The second kappa shape index (κ2) is 4.75. The Hall–Kier alpha value is -1.55. The number of halogens is 1. The van der Waals surface area contributed by atoms with Crippen LogP contribution in [0.1, 0.15) is 10.4 Å². The van der Waals surface area contributed by atoms with Gasteiger partial charge in [-0.15, -0.1) is 0 Å². The molecule has 1 aromatic rings. The van der Waals surface area contributed by atoms with E-state index in [1.807, 2.05) is 4.90 Å². The maximum atomic E-state index is 11.6. The lowest BCUT2D eigenvalue weighted by Crippen LogP contribution is -2.48. The largest absolute Gasteiger partial charge is 0.360 e. The third-order valence-electron chi connectivity index (χ3n) is 2.91. The van der Waals surface area contributed by atoms with Crippen molar-refractivity contribution in [3.05, 3.63) is 28.8 Å². The Morgan fingerprint density at radius 1 is 1.35 bits per heavy atom. The highest BCUT2D eigenvalue weighted by molar-refractivity contribution is 6.31. The molecule has 0 radical (unpaired) electrons. The van der Waals surface area contributed by atoms with E-state index in [0.29, 0.717) is 23.7 Å². The molecule has 1 saturated heterocycles. The van der Waals surface area contributed by atoms with Crippen molar-refractivity contribution in [1.29, 1.82) is 0 Å². The van der Waals surface area contributed by atoms with E-state index in [-0.39, 0.29) is 5.91 Å². The van der Waals surface area contributed by atoms with Crippen LogP contribution >= 0.6 is 11.6 Å². The Morgan fingerprint density at radius 3 is 2.76 bits per heavy atom. The first-order valence-corrected chi connectivity index (χ1v) is 5.73. The SMILES string of the molecule is CN1CCN(c2ccc(Cl)cc2C=O)CC1=O. The molecule has 1 fully saturated rings. The van der Waals surface area contributed by atoms with Crippen LogP contribution in [0.25, 0.3) is 0 Å². The number of hydrogen-bond donors (Lipinski definition) is 0. The summed E-state index contributed by atoms with van der Waals surface area (Å²) in [6.45, 7) is 1.70. The summed E-state index contributed by atoms with van der Waals surface area (Å²) in [4.78, 5) is 26.2. The second-order valence-electron chi connectivity index (χ2n) is 4.06. The van der Waals surface area contributed by atoms with Gasteiger partial charge in [-0.2, -0.15) is 0 Å². The van der Waals surface area contributed by atoms with Crippen molar-refractivity contribution in [2.24, 2.45) is 0 Å². The summed E-state index contributed by atoms with van der Waals surface area (Å²) in [5.41, 5.74) is 1.29. The smallest absolute Gasteiger partial charge is 0.241 e. The van der Waals surface area contributed by atoms with Gasteiger partial charge < -0.3 is 9.80 Å². The standard InChI is InChI=1S/C12H13ClN2O2/c1-14-4-5-15(7-12(14)17)11-3-2-10(13)6-9(11)8-16/h2-3,6,8H,4-5,7H2,1H3. The molecule has 1 aliphatic heterocycles. The highest BCUT2D eigenvalue weighted by Gasteiger charge is 2.22. The van der Waals surface area contributed by atoms with Crippen LogP contribution in [-0.2, 0) is 4.79 Å². The molecule has 0 unspecified atom stereocenters. The number of benzene rings is 1. The third kappa shape index (κ3) is 2.42. The van der Waals surface area contributed by atoms with Gasteiger partial charge in [0.05, 0.1) is 6.54 Å². The van der Waals surface area contributed by atoms with Gasteiger partial charge in [-0.05, 0) is 18.2 Å². The zero-order valence-corrected chi connectivity index (χ0v) is 10.3. The predicted octanol–water partition coefficient (Wildman–Crippen LogP) is 1.43. The maximum Gasteiger partial charge on any atom is 0.241 e. The molecule has 1 heterocycles. The van der Waals surface area contributed by atoms with E-state index in [1.54, 1.807) is 30.1 Å². The Balaban J connectivity index is 2.28. The number of likely N-dealkylation sites (N-methyl/N-ethyl adjacent to an activating group) is 1. The summed E-state index contributed by atoms with van der Waals surface area (Å²) in [6, 6.07) is 5.13. The molecule has 0 saturated carbocycles. The Labute approximate surface area is 105 Å². The quantitative estimate of drug-likeness (QED) is 0.748. The fourth-order valence-electron chi connectivity index (χ4n) is 1.87. The first-order valence-electron chi connectivity index (χ1n) is 5.35. The number of anilines is 1. The number of carbonyl (C=O) groups is 2. The molecule has 17 heavy (non-hydrogen) atoms. The van der Waals surface area contributed by atoms with Gasteiger partial charge in [0.2, 0.25) is 5.91 Å². The summed E-state index contributed by atoms with van der Waals surface area (Å²) in [6.07, 6.45) is 0.768. The van der Waals surface area contributed by atoms with Crippen molar-refractivity contribution in [2.75, 3.05) is 31.6 Å². The maximum absolute atomic E-state index is 11.6. The number of rotatable bonds is 2. The summed E-state index contributed by atoms with van der Waals surface area (Å²) in [5, 5.41) is 0.524. The van der Waals surface area contributed by atoms with E-state index in [2.05, 4.69) is 0 Å². The molecular weight excluding hydrogens is 240 g/mol. The van der Waals surface area contributed by atoms with Crippen LogP contribution in [0.4, 0.5) is 5.69 Å². The van der Waals surface area contributed by atoms with Crippen LogP contribution in [0, 0.1) is 0 Å². The van der Waals surface area contributed by atoms with Crippen LogP contribution in [0.15, 0.2) is 18.2 Å². The average molecular weight is 253 g/mol. The van der Waals surface area contributed by atoms with Gasteiger partial charge >= 0.3 is 0 Å². The molecule has 90 valence electrons. The molecule has 1 aliphatic rings. The van der Waals surface area contributed by atoms with Crippen LogP contribution in [0.3, 0.4) is 0 Å². The fraction of sp³-hybridized carbons (Fsp3) is 0.333. The molecule has 1 amide bonds. The van der Waals surface area contributed by atoms with Gasteiger partial charge in [0.15, 0.2) is 6.29 Å². The van der Waals surface area contributed by atoms with Crippen molar-refractivity contribution in [3.63, 3.8) is 0 Å². The third-order valence-corrected chi connectivity index (χ3v) is 3.15. The average Bonchev–Trinajstić information content (AvgIpc) is 2.32. The lowest BCUT2D eigenvalue weighted by atomic mass is 10.1. The second-order valence-corrected chi connectivity index (χ2v) is 4.49. The van der Waals surface area contributed by atoms with E-state index in [0.717, 1.165) is 18.5 Å². The van der Waals surface area contributed by atoms with Crippen LogP contribution in [-0.4, -0.2) is 43.8 Å². The van der Waals surface area contributed by atoms with Gasteiger partial charge in [0.1, 0.15) is 0 Å². The Kier molecular flexibility index (Phi) is 3.33. The monoisotopic (exact) mass is 252 g/mol. The number of amides is 1. The summed E-state index contributed by atoms with van der Waals surface area (Å²) in [5.74, 6) is 0.0584. The van der Waals surface area contributed by atoms with Gasteiger partial charge in [-0.25, -0.2) is 0 Å². The molecule has 0 aliphatic carbocycles. The minimum Gasteiger partial charge on any atom is -0.360 e. The fourth-order valence-corrected chi connectivity index (χ4v) is 2.05. The van der Waals surface area contributed by atoms with Crippen molar-refractivity contribution < 1.29 is 9.59 Å². The minimum atomic E-state index is 0.0584. The van der Waals surface area contributed by atoms with E-state index < -0.39 is 0 Å². The molecule has 0 aromatic heterocycles. The van der Waals surface area contributed by atoms with E-state index in [9.17, 15) is 9.59 Å². The van der Waals surface area contributed by atoms with Gasteiger partial charge in [-0.3, -0.25) is 9.59 Å². The lowest BCUT2D eigenvalue weighted by molar-refractivity contribution is -0.129. The normalized spacial score (nSPS) is 16.2. The molecule has 0 N–H and O–H groups in total. The number of hydrogen-bond acceptors (Lipinski definition) is 3. The first kappa shape index (κ1) is 11.9. The Bertz CT molecular complexity index is 462. The number of nitrogens with zero attached hydrogens (tertiary/aromatic N) is 2. The highest BCUT2D eigenvalue weighted by Crippen LogP contribution is 2.24. The highest BCUT2D eigenvalue weighted by atomic mass is 35.5. The molecule has 0 bridgehead atoms. The number of carbonyl (C=O) groups excluding carboxylic acids is 2. The molecule has 2 rings (SSSR count). The lowest BCUT2D eigenvalue weighted by Gasteiger charge is -2.34. The first-order chi connectivity index (χ1) is 8.11.